The lowest BCUT2D eigenvalue weighted by molar-refractivity contribution is -0.167. The zero-order valence-electron chi connectivity index (χ0n) is 54.2. The van der Waals surface area contributed by atoms with Crippen LogP contribution in [0.25, 0.3) is 0 Å². The van der Waals surface area contributed by atoms with Crippen LogP contribution in [0.15, 0.2) is 134 Å². The first-order chi connectivity index (χ1) is 41.0. The molecule has 0 heterocycles. The highest BCUT2D eigenvalue weighted by molar-refractivity contribution is 5.71. The van der Waals surface area contributed by atoms with Crippen LogP contribution in [-0.2, 0) is 28.6 Å². The summed E-state index contributed by atoms with van der Waals surface area (Å²) in [4.78, 5) is 38.4. The number of carbonyl (C=O) groups excluding carboxylic acids is 3. The van der Waals surface area contributed by atoms with Gasteiger partial charge in [-0.2, -0.15) is 0 Å². The largest absolute Gasteiger partial charge is 0.462 e. The van der Waals surface area contributed by atoms with Crippen LogP contribution in [0.1, 0.15) is 316 Å². The van der Waals surface area contributed by atoms with Gasteiger partial charge in [0.15, 0.2) is 6.10 Å². The molecule has 0 saturated carbocycles. The smallest absolute Gasteiger partial charge is 0.306 e. The van der Waals surface area contributed by atoms with Crippen LogP contribution in [0.4, 0.5) is 0 Å². The average molecular weight is 1150 g/mol. The summed E-state index contributed by atoms with van der Waals surface area (Å²) in [7, 11) is 0. The second-order valence-corrected chi connectivity index (χ2v) is 22.7. The Morgan fingerprint density at radius 1 is 0.253 bits per heavy atom. The van der Waals surface area contributed by atoms with Gasteiger partial charge in [0.1, 0.15) is 13.2 Å². The van der Waals surface area contributed by atoms with Gasteiger partial charge in [-0.3, -0.25) is 14.4 Å². The third kappa shape index (κ3) is 68.2. The van der Waals surface area contributed by atoms with E-state index in [-0.39, 0.29) is 31.1 Å². The van der Waals surface area contributed by atoms with Crippen molar-refractivity contribution in [2.75, 3.05) is 13.2 Å². The van der Waals surface area contributed by atoms with Gasteiger partial charge in [0.05, 0.1) is 0 Å². The SMILES string of the molecule is CC/C=C\C/C=C\C/C=C\C/C=C\C/C=C\C/C=C\C/C=C\C/C=C\C/C=C\C/C=C\CCCCC(=O)OCC(COC(=O)CCCCCCCCCCCCCCCCC)OC(=O)CCCCCCCCC/C=C\CCCCCCCC. The molecular formula is C77H128O6. The Kier molecular flexibility index (Phi) is 66.3. The summed E-state index contributed by atoms with van der Waals surface area (Å²) in [6.45, 7) is 6.51. The highest BCUT2D eigenvalue weighted by atomic mass is 16.6. The fourth-order valence-electron chi connectivity index (χ4n) is 9.47. The van der Waals surface area contributed by atoms with Gasteiger partial charge < -0.3 is 14.2 Å². The van der Waals surface area contributed by atoms with E-state index in [1.54, 1.807) is 0 Å². The molecule has 0 spiro atoms. The van der Waals surface area contributed by atoms with Crippen LogP contribution in [-0.4, -0.2) is 37.2 Å². The summed E-state index contributed by atoms with van der Waals surface area (Å²) in [6, 6.07) is 0. The van der Waals surface area contributed by atoms with E-state index in [2.05, 4.69) is 154 Å². The number of hydrogen-bond donors (Lipinski definition) is 0. The lowest BCUT2D eigenvalue weighted by Crippen LogP contribution is -2.30. The first-order valence-electron chi connectivity index (χ1n) is 34.7. The maximum Gasteiger partial charge on any atom is 0.306 e. The van der Waals surface area contributed by atoms with Crippen molar-refractivity contribution in [3.05, 3.63) is 134 Å². The lowest BCUT2D eigenvalue weighted by Gasteiger charge is -2.18. The van der Waals surface area contributed by atoms with Gasteiger partial charge >= 0.3 is 17.9 Å². The molecule has 472 valence electrons. The van der Waals surface area contributed by atoms with E-state index in [4.69, 9.17) is 14.2 Å². The molecule has 0 aliphatic heterocycles. The molecular weight excluding hydrogens is 1020 g/mol. The van der Waals surface area contributed by atoms with Gasteiger partial charge in [-0.05, 0) is 122 Å². The molecule has 6 heteroatoms. The molecule has 0 fully saturated rings. The number of ether oxygens (including phenoxy) is 3. The second-order valence-electron chi connectivity index (χ2n) is 22.7. The monoisotopic (exact) mass is 1150 g/mol. The molecule has 6 nitrogen and oxygen atoms in total. The summed E-state index contributed by atoms with van der Waals surface area (Å²) in [5.74, 6) is -0.935. The van der Waals surface area contributed by atoms with E-state index in [0.29, 0.717) is 25.7 Å². The Balaban J connectivity index is 4.40. The summed E-state index contributed by atoms with van der Waals surface area (Å²) in [5, 5.41) is 0. The van der Waals surface area contributed by atoms with Crippen molar-refractivity contribution in [3.63, 3.8) is 0 Å². The third-order valence-electron chi connectivity index (χ3n) is 14.6. The predicted octanol–water partition coefficient (Wildman–Crippen LogP) is 24.1. The highest BCUT2D eigenvalue weighted by Gasteiger charge is 2.19. The Labute approximate surface area is 513 Å². The van der Waals surface area contributed by atoms with Crippen molar-refractivity contribution in [2.24, 2.45) is 0 Å². The number of esters is 3. The molecule has 0 radical (unpaired) electrons. The van der Waals surface area contributed by atoms with Crippen molar-refractivity contribution >= 4 is 17.9 Å². The van der Waals surface area contributed by atoms with Crippen LogP contribution < -0.4 is 0 Å². The van der Waals surface area contributed by atoms with Gasteiger partial charge in [-0.25, -0.2) is 0 Å². The first kappa shape index (κ1) is 78.5. The lowest BCUT2D eigenvalue weighted by atomic mass is 10.0. The van der Waals surface area contributed by atoms with Crippen LogP contribution in [0.3, 0.4) is 0 Å². The zero-order chi connectivity index (χ0) is 59.9. The van der Waals surface area contributed by atoms with Gasteiger partial charge in [-0.1, -0.05) is 309 Å². The normalized spacial score (nSPS) is 13.0. The summed E-state index contributed by atoms with van der Waals surface area (Å²) in [6.07, 6.45) is 99.0. The molecule has 0 aromatic rings. The summed E-state index contributed by atoms with van der Waals surface area (Å²) < 4.78 is 16.9. The zero-order valence-corrected chi connectivity index (χ0v) is 54.2. The molecule has 0 aliphatic rings. The van der Waals surface area contributed by atoms with Gasteiger partial charge in [0.2, 0.25) is 0 Å². The van der Waals surface area contributed by atoms with Crippen molar-refractivity contribution in [1.82, 2.24) is 0 Å². The van der Waals surface area contributed by atoms with E-state index in [9.17, 15) is 14.4 Å². The van der Waals surface area contributed by atoms with Gasteiger partial charge in [0.25, 0.3) is 0 Å². The minimum absolute atomic E-state index is 0.0932. The number of hydrogen-bond acceptors (Lipinski definition) is 6. The van der Waals surface area contributed by atoms with Gasteiger partial charge in [-0.15, -0.1) is 0 Å². The third-order valence-corrected chi connectivity index (χ3v) is 14.6. The molecule has 1 unspecified atom stereocenters. The van der Waals surface area contributed by atoms with Crippen molar-refractivity contribution in [2.45, 2.75) is 322 Å². The minimum Gasteiger partial charge on any atom is -0.462 e. The Morgan fingerprint density at radius 3 is 0.771 bits per heavy atom. The molecule has 0 bridgehead atoms. The number of allylic oxidation sites excluding steroid dienone is 22. The van der Waals surface area contributed by atoms with E-state index < -0.39 is 6.10 Å². The van der Waals surface area contributed by atoms with Crippen LogP contribution in [0, 0.1) is 0 Å². The van der Waals surface area contributed by atoms with Crippen molar-refractivity contribution in [1.29, 1.82) is 0 Å². The molecule has 0 aromatic carbocycles. The topological polar surface area (TPSA) is 78.9 Å². The van der Waals surface area contributed by atoms with Crippen molar-refractivity contribution < 1.29 is 28.6 Å². The molecule has 0 N–H and O–H groups in total. The van der Waals surface area contributed by atoms with Crippen LogP contribution in [0.5, 0.6) is 0 Å². The fraction of sp³-hybridized carbons (Fsp3) is 0.675. The second kappa shape index (κ2) is 70.0. The molecule has 0 saturated heterocycles. The first-order valence-corrected chi connectivity index (χ1v) is 34.7. The standard InChI is InChI=1S/C77H128O6/c1-4-7-10-13-16-19-22-25-28-30-31-32-33-34-35-36-37-38-39-40-41-42-43-44-45-47-49-52-55-58-61-64-67-70-76(79)82-73-74(72-81-75(78)69-66-63-60-57-54-51-48-27-24-21-18-15-12-9-6-3)83-77(80)71-68-65-62-59-56-53-50-46-29-26-23-20-17-14-11-8-5-2/h7,10,16,19,25-26,28-29,31-32,34-35,37-38,40-41,43-44,47,49,55,58,74H,4-6,8-9,11-15,17-18,20-24,27,30,33,36,39,42,45-46,48,50-54,56-57,59-73H2,1-3H3/b10-7-,19-16-,28-25-,29-26-,32-31-,35-34-,38-37-,41-40-,44-43-,49-47-,58-55-. The quantitative estimate of drug-likeness (QED) is 0.0261. The summed E-state index contributed by atoms with van der Waals surface area (Å²) in [5.41, 5.74) is 0. The van der Waals surface area contributed by atoms with Crippen LogP contribution in [0.2, 0.25) is 0 Å². The van der Waals surface area contributed by atoms with Gasteiger partial charge in [0, 0.05) is 19.3 Å². The Morgan fingerprint density at radius 2 is 0.470 bits per heavy atom. The van der Waals surface area contributed by atoms with E-state index in [1.807, 2.05) is 0 Å². The molecule has 83 heavy (non-hydrogen) atoms. The maximum atomic E-state index is 12.9. The number of carbonyl (C=O) groups is 3. The molecule has 0 aliphatic carbocycles. The van der Waals surface area contributed by atoms with E-state index in [1.165, 1.54) is 154 Å². The fourth-order valence-corrected chi connectivity index (χ4v) is 9.47. The highest BCUT2D eigenvalue weighted by Crippen LogP contribution is 2.16. The molecule has 0 rings (SSSR count). The van der Waals surface area contributed by atoms with E-state index >= 15 is 0 Å². The summed E-state index contributed by atoms with van der Waals surface area (Å²) >= 11 is 0. The number of unbranched alkanes of at least 4 members (excludes halogenated alkanes) is 29. The minimum atomic E-state index is -0.802. The number of rotatable bonds is 62. The van der Waals surface area contributed by atoms with Crippen molar-refractivity contribution in [3.8, 4) is 0 Å². The molecule has 0 aromatic heterocycles. The van der Waals surface area contributed by atoms with Crippen LogP contribution >= 0.6 is 0 Å². The average Bonchev–Trinajstić information content (AvgIpc) is 3.49. The maximum absolute atomic E-state index is 12.9. The molecule has 0 amide bonds. The predicted molar refractivity (Wildman–Crippen MR) is 362 cm³/mol. The Bertz CT molecular complexity index is 1750. The van der Waals surface area contributed by atoms with E-state index in [0.717, 1.165) is 116 Å². The Hall–Kier alpha value is -4.45. The molecule has 1 atom stereocenters.